The molecule has 0 aliphatic carbocycles. The van der Waals surface area contributed by atoms with Crippen molar-refractivity contribution in [2.45, 2.75) is 19.9 Å². The summed E-state index contributed by atoms with van der Waals surface area (Å²) < 4.78 is 0. The molecule has 25 heavy (non-hydrogen) atoms. The van der Waals surface area contributed by atoms with Crippen LogP contribution in [0.25, 0.3) is 0 Å². The Morgan fingerprint density at radius 1 is 1.04 bits per heavy atom. The molecule has 132 valence electrons. The van der Waals surface area contributed by atoms with Crippen molar-refractivity contribution in [3.63, 3.8) is 0 Å². The maximum atomic E-state index is 12.9. The first-order chi connectivity index (χ1) is 12.0. The molecule has 5 heteroatoms. The van der Waals surface area contributed by atoms with Gasteiger partial charge >= 0.3 is 0 Å². The third-order valence-corrected chi connectivity index (χ3v) is 4.91. The van der Waals surface area contributed by atoms with Crippen LogP contribution in [0.2, 0.25) is 0 Å². The average Bonchev–Trinajstić information content (AvgIpc) is 3.15. The van der Waals surface area contributed by atoms with Gasteiger partial charge in [-0.3, -0.25) is 9.59 Å². The molecule has 5 nitrogen and oxygen atoms in total. The molecule has 0 saturated carbocycles. The van der Waals surface area contributed by atoms with E-state index in [2.05, 4.69) is 30.8 Å². The summed E-state index contributed by atoms with van der Waals surface area (Å²) in [4.78, 5) is 32.4. The van der Waals surface area contributed by atoms with Gasteiger partial charge in [0.2, 0.25) is 0 Å². The molecule has 1 aliphatic heterocycles. The molecule has 0 spiro atoms. The molecule has 0 unspecified atom stereocenters. The van der Waals surface area contributed by atoms with Crippen LogP contribution in [-0.4, -0.2) is 59.2 Å². The van der Waals surface area contributed by atoms with Crippen LogP contribution in [0.4, 0.5) is 0 Å². The minimum Gasteiger partial charge on any atom is -0.367 e. The van der Waals surface area contributed by atoms with Crippen molar-refractivity contribution in [3.05, 3.63) is 59.4 Å². The molecular weight excluding hydrogens is 314 g/mol. The molecule has 1 aliphatic rings. The van der Waals surface area contributed by atoms with Gasteiger partial charge in [0.05, 0.1) is 0 Å². The van der Waals surface area contributed by atoms with Crippen molar-refractivity contribution >= 4 is 11.7 Å². The number of benzene rings is 1. The van der Waals surface area contributed by atoms with Gasteiger partial charge < -0.3 is 14.8 Å². The lowest BCUT2D eigenvalue weighted by Gasteiger charge is -2.42. The van der Waals surface area contributed by atoms with Gasteiger partial charge in [-0.05, 0) is 31.2 Å². The van der Waals surface area contributed by atoms with Crippen LogP contribution < -0.4 is 0 Å². The lowest BCUT2D eigenvalue weighted by Crippen LogP contribution is -2.56. The van der Waals surface area contributed by atoms with Crippen molar-refractivity contribution in [1.29, 1.82) is 0 Å². The maximum absolute atomic E-state index is 12.9. The standard InChI is InChI=1S/C20H25N3O2/c1-14(2)18-13-22(3)10-11-23(18)20(25)16-6-4-15(5-7-16)19(24)17-8-9-21-12-17/h4-9,12,14,18,21H,10-11,13H2,1-3H3/t18-/m1/s1. The van der Waals surface area contributed by atoms with Crippen molar-refractivity contribution < 1.29 is 9.59 Å². The molecule has 1 amide bonds. The van der Waals surface area contributed by atoms with Crippen molar-refractivity contribution in [1.82, 2.24) is 14.8 Å². The summed E-state index contributed by atoms with van der Waals surface area (Å²) in [6, 6.07) is 8.97. The summed E-state index contributed by atoms with van der Waals surface area (Å²) in [6.45, 7) is 6.83. The Bertz CT molecular complexity index is 735. The second kappa shape index (κ2) is 7.23. The van der Waals surface area contributed by atoms with E-state index in [9.17, 15) is 9.59 Å². The minimum atomic E-state index is -0.0418. The molecule has 1 aromatic heterocycles. The fourth-order valence-corrected chi connectivity index (χ4v) is 3.34. The van der Waals surface area contributed by atoms with Crippen molar-refractivity contribution in [2.75, 3.05) is 26.7 Å². The van der Waals surface area contributed by atoms with E-state index < -0.39 is 0 Å². The number of H-pyrrole nitrogens is 1. The number of nitrogens with zero attached hydrogens (tertiary/aromatic N) is 2. The van der Waals surface area contributed by atoms with Crippen LogP contribution in [0.1, 0.15) is 40.1 Å². The highest BCUT2D eigenvalue weighted by Crippen LogP contribution is 2.20. The van der Waals surface area contributed by atoms with Gasteiger partial charge in [0, 0.05) is 54.8 Å². The van der Waals surface area contributed by atoms with Gasteiger partial charge in [0.15, 0.2) is 5.78 Å². The normalized spacial score (nSPS) is 18.6. The van der Waals surface area contributed by atoms with Gasteiger partial charge in [-0.25, -0.2) is 0 Å². The topological polar surface area (TPSA) is 56.4 Å². The predicted molar refractivity (Wildman–Crippen MR) is 97.8 cm³/mol. The fourth-order valence-electron chi connectivity index (χ4n) is 3.34. The quantitative estimate of drug-likeness (QED) is 0.871. The van der Waals surface area contributed by atoms with Crippen LogP contribution in [0.3, 0.4) is 0 Å². The molecule has 2 heterocycles. The van der Waals surface area contributed by atoms with E-state index in [-0.39, 0.29) is 17.7 Å². The number of hydrogen-bond acceptors (Lipinski definition) is 3. The number of aromatic amines is 1. The fraction of sp³-hybridized carbons (Fsp3) is 0.400. The minimum absolute atomic E-state index is 0.0418. The SMILES string of the molecule is CC(C)[C@H]1CN(C)CCN1C(=O)c1ccc(C(=O)c2cc[nH]c2)cc1. The maximum Gasteiger partial charge on any atom is 0.254 e. The molecule has 1 aromatic carbocycles. The van der Waals surface area contributed by atoms with Gasteiger partial charge in [0.1, 0.15) is 0 Å². The number of ketones is 1. The average molecular weight is 339 g/mol. The number of aromatic nitrogens is 1. The number of carbonyl (C=O) groups is 2. The zero-order valence-electron chi connectivity index (χ0n) is 15.0. The van der Waals surface area contributed by atoms with Crippen LogP contribution >= 0.6 is 0 Å². The van der Waals surface area contributed by atoms with Gasteiger partial charge in [-0.2, -0.15) is 0 Å². The van der Waals surface area contributed by atoms with Crippen molar-refractivity contribution in [3.8, 4) is 0 Å². The largest absolute Gasteiger partial charge is 0.367 e. The first-order valence-electron chi connectivity index (χ1n) is 8.74. The zero-order valence-corrected chi connectivity index (χ0v) is 15.0. The number of amides is 1. The summed E-state index contributed by atoms with van der Waals surface area (Å²) in [5.74, 6) is 0.411. The summed E-state index contributed by atoms with van der Waals surface area (Å²) >= 11 is 0. The van der Waals surface area contributed by atoms with E-state index in [0.29, 0.717) is 22.6 Å². The smallest absolute Gasteiger partial charge is 0.254 e. The Morgan fingerprint density at radius 2 is 1.72 bits per heavy atom. The summed E-state index contributed by atoms with van der Waals surface area (Å²) in [5.41, 5.74) is 1.86. The number of rotatable bonds is 4. The van der Waals surface area contributed by atoms with Gasteiger partial charge in [-0.1, -0.05) is 26.0 Å². The number of nitrogens with one attached hydrogen (secondary N) is 1. The Morgan fingerprint density at radius 3 is 2.32 bits per heavy atom. The second-order valence-corrected chi connectivity index (χ2v) is 7.08. The van der Waals surface area contributed by atoms with E-state index >= 15 is 0 Å². The number of carbonyl (C=O) groups excluding carboxylic acids is 2. The van der Waals surface area contributed by atoms with Crippen LogP contribution in [0, 0.1) is 5.92 Å². The van der Waals surface area contributed by atoms with E-state index in [0.717, 1.165) is 19.6 Å². The molecule has 0 radical (unpaired) electrons. The Hall–Kier alpha value is -2.40. The monoisotopic (exact) mass is 339 g/mol. The van der Waals surface area contributed by atoms with E-state index in [4.69, 9.17) is 0 Å². The summed E-state index contributed by atoms with van der Waals surface area (Å²) in [5, 5.41) is 0. The Balaban J connectivity index is 1.77. The molecule has 1 atom stereocenters. The molecular formula is C20H25N3O2. The van der Waals surface area contributed by atoms with Crippen LogP contribution in [0.15, 0.2) is 42.7 Å². The third kappa shape index (κ3) is 3.66. The number of likely N-dealkylation sites (N-methyl/N-ethyl adjacent to an activating group) is 1. The Labute approximate surface area is 148 Å². The zero-order chi connectivity index (χ0) is 18.0. The van der Waals surface area contributed by atoms with Crippen LogP contribution in [0.5, 0.6) is 0 Å². The lowest BCUT2D eigenvalue weighted by molar-refractivity contribution is 0.0402. The van der Waals surface area contributed by atoms with Gasteiger partial charge in [-0.15, -0.1) is 0 Å². The molecule has 3 rings (SSSR count). The molecule has 0 bridgehead atoms. The highest BCUT2D eigenvalue weighted by atomic mass is 16.2. The first-order valence-corrected chi connectivity index (χ1v) is 8.74. The van der Waals surface area contributed by atoms with E-state index in [1.54, 1.807) is 42.7 Å². The third-order valence-electron chi connectivity index (χ3n) is 4.91. The summed E-state index contributed by atoms with van der Waals surface area (Å²) in [6.07, 6.45) is 3.41. The molecule has 2 aromatic rings. The molecule has 1 N–H and O–H groups in total. The highest BCUT2D eigenvalue weighted by molar-refractivity contribution is 6.09. The molecule has 1 saturated heterocycles. The molecule has 1 fully saturated rings. The first kappa shape index (κ1) is 17.4. The number of hydrogen-bond donors (Lipinski definition) is 1. The van der Waals surface area contributed by atoms with Crippen molar-refractivity contribution in [2.24, 2.45) is 5.92 Å². The Kier molecular flexibility index (Phi) is 5.04. The van der Waals surface area contributed by atoms with Crippen LogP contribution in [-0.2, 0) is 0 Å². The lowest BCUT2D eigenvalue weighted by atomic mass is 9.98. The number of piperazine rings is 1. The predicted octanol–water partition coefficient (Wildman–Crippen LogP) is 2.66. The highest BCUT2D eigenvalue weighted by Gasteiger charge is 2.31. The van der Waals surface area contributed by atoms with E-state index in [1.807, 2.05) is 4.90 Å². The summed E-state index contributed by atoms with van der Waals surface area (Å²) in [7, 11) is 2.10. The second-order valence-electron chi connectivity index (χ2n) is 7.08. The van der Waals surface area contributed by atoms with E-state index in [1.165, 1.54) is 0 Å². The van der Waals surface area contributed by atoms with Gasteiger partial charge in [0.25, 0.3) is 5.91 Å².